The Morgan fingerprint density at radius 2 is 2.29 bits per heavy atom. The highest BCUT2D eigenvalue weighted by Gasteiger charge is 2.28. The summed E-state index contributed by atoms with van der Waals surface area (Å²) in [6.45, 7) is 5.30. The molecule has 0 aromatic carbocycles. The van der Waals surface area contributed by atoms with Gasteiger partial charge in [0.25, 0.3) is 0 Å². The molecule has 7 heteroatoms. The van der Waals surface area contributed by atoms with Gasteiger partial charge in [-0.15, -0.1) is 0 Å². The summed E-state index contributed by atoms with van der Waals surface area (Å²) in [4.78, 5) is 10.9. The molecule has 2 heterocycles. The van der Waals surface area contributed by atoms with Crippen molar-refractivity contribution in [1.29, 1.82) is 0 Å². The molecule has 0 bridgehead atoms. The molecule has 0 saturated carbocycles. The molecular formula is C10H14I2N4O. The fourth-order valence-corrected chi connectivity index (χ4v) is 2.88. The average molecular weight is 460 g/mol. The highest BCUT2D eigenvalue weighted by molar-refractivity contribution is 14.1. The molecule has 2 rings (SSSR count). The number of hydrogen-bond donors (Lipinski definition) is 1. The van der Waals surface area contributed by atoms with Gasteiger partial charge in [0.15, 0.2) is 0 Å². The predicted molar refractivity (Wildman–Crippen MR) is 84.6 cm³/mol. The van der Waals surface area contributed by atoms with Crippen LogP contribution in [0.2, 0.25) is 0 Å². The van der Waals surface area contributed by atoms with E-state index in [2.05, 4.69) is 67.0 Å². The molecule has 5 nitrogen and oxygen atoms in total. The van der Waals surface area contributed by atoms with Crippen LogP contribution in [0.15, 0.2) is 6.07 Å². The van der Waals surface area contributed by atoms with Gasteiger partial charge in [0, 0.05) is 19.2 Å². The van der Waals surface area contributed by atoms with E-state index in [1.165, 1.54) is 0 Å². The molecule has 0 aliphatic carbocycles. The highest BCUT2D eigenvalue weighted by atomic mass is 127. The monoisotopic (exact) mass is 460 g/mol. The smallest absolute Gasteiger partial charge is 0.228 e. The Morgan fingerprint density at radius 1 is 1.53 bits per heavy atom. The van der Waals surface area contributed by atoms with Crippen molar-refractivity contribution in [2.24, 2.45) is 0 Å². The molecule has 0 spiro atoms. The SMILES string of the molecule is CC1(I)COCCN(c2nc(N)cc(I)n2)C1. The third kappa shape index (κ3) is 3.78. The van der Waals surface area contributed by atoms with E-state index in [0.717, 1.165) is 23.4 Å². The van der Waals surface area contributed by atoms with E-state index in [0.29, 0.717) is 18.4 Å². The minimum Gasteiger partial charge on any atom is -0.384 e. The Bertz CT molecular complexity index is 393. The summed E-state index contributed by atoms with van der Waals surface area (Å²) in [6.07, 6.45) is 0. The van der Waals surface area contributed by atoms with Crippen molar-refractivity contribution in [1.82, 2.24) is 9.97 Å². The van der Waals surface area contributed by atoms with Gasteiger partial charge in [0.2, 0.25) is 5.95 Å². The lowest BCUT2D eigenvalue weighted by Crippen LogP contribution is -2.38. The molecule has 0 amide bonds. The zero-order valence-electron chi connectivity index (χ0n) is 9.49. The van der Waals surface area contributed by atoms with Crippen LogP contribution in [0.3, 0.4) is 0 Å². The summed E-state index contributed by atoms with van der Waals surface area (Å²) in [7, 11) is 0. The molecular weight excluding hydrogens is 446 g/mol. The molecule has 1 fully saturated rings. The summed E-state index contributed by atoms with van der Waals surface area (Å²) < 4.78 is 6.53. The minimum atomic E-state index is 0.0770. The molecule has 1 aliphatic heterocycles. The lowest BCUT2D eigenvalue weighted by Gasteiger charge is -2.27. The average Bonchev–Trinajstić information content (AvgIpc) is 2.37. The van der Waals surface area contributed by atoms with Gasteiger partial charge >= 0.3 is 0 Å². The number of hydrogen-bond acceptors (Lipinski definition) is 5. The van der Waals surface area contributed by atoms with Crippen molar-refractivity contribution in [3.63, 3.8) is 0 Å². The van der Waals surface area contributed by atoms with Crippen LogP contribution >= 0.6 is 45.2 Å². The molecule has 1 unspecified atom stereocenters. The third-order valence-electron chi connectivity index (χ3n) is 2.41. The van der Waals surface area contributed by atoms with Crippen molar-refractivity contribution >= 4 is 56.9 Å². The third-order valence-corrected chi connectivity index (χ3v) is 3.62. The van der Waals surface area contributed by atoms with E-state index in [4.69, 9.17) is 10.5 Å². The first-order chi connectivity index (χ1) is 7.96. The maximum atomic E-state index is 5.76. The zero-order chi connectivity index (χ0) is 12.5. The second-order valence-corrected chi connectivity index (χ2v) is 8.01. The summed E-state index contributed by atoms with van der Waals surface area (Å²) in [5, 5.41) is 0. The van der Waals surface area contributed by atoms with Gasteiger partial charge in [0.05, 0.1) is 16.6 Å². The lowest BCUT2D eigenvalue weighted by molar-refractivity contribution is 0.141. The summed E-state index contributed by atoms with van der Waals surface area (Å²) in [5.74, 6) is 1.21. The van der Waals surface area contributed by atoms with Gasteiger partial charge in [-0.1, -0.05) is 22.6 Å². The first-order valence-corrected chi connectivity index (χ1v) is 7.44. The number of halogens is 2. The maximum Gasteiger partial charge on any atom is 0.228 e. The second kappa shape index (κ2) is 5.39. The van der Waals surface area contributed by atoms with Gasteiger partial charge < -0.3 is 15.4 Å². The zero-order valence-corrected chi connectivity index (χ0v) is 13.8. The molecule has 1 saturated heterocycles. The lowest BCUT2D eigenvalue weighted by atomic mass is 10.2. The van der Waals surface area contributed by atoms with Gasteiger partial charge in [-0.05, 0) is 29.5 Å². The molecule has 1 aliphatic rings. The van der Waals surface area contributed by atoms with Crippen molar-refractivity contribution in [3.8, 4) is 0 Å². The van der Waals surface area contributed by atoms with Gasteiger partial charge in [-0.2, -0.15) is 4.98 Å². The van der Waals surface area contributed by atoms with Crippen molar-refractivity contribution in [2.45, 2.75) is 10.3 Å². The number of aromatic nitrogens is 2. The molecule has 17 heavy (non-hydrogen) atoms. The molecule has 94 valence electrons. The summed E-state index contributed by atoms with van der Waals surface area (Å²) in [6, 6.07) is 1.77. The first kappa shape index (κ1) is 13.5. The van der Waals surface area contributed by atoms with E-state index in [1.807, 2.05) is 0 Å². The van der Waals surface area contributed by atoms with Gasteiger partial charge in [-0.25, -0.2) is 4.98 Å². The van der Waals surface area contributed by atoms with Crippen LogP contribution in [0, 0.1) is 3.70 Å². The number of anilines is 2. The fraction of sp³-hybridized carbons (Fsp3) is 0.600. The maximum absolute atomic E-state index is 5.76. The van der Waals surface area contributed by atoms with Gasteiger partial charge in [-0.3, -0.25) is 0 Å². The normalized spacial score (nSPS) is 25.7. The number of nitrogen functional groups attached to an aromatic ring is 1. The quantitative estimate of drug-likeness (QED) is 0.393. The van der Waals surface area contributed by atoms with E-state index >= 15 is 0 Å². The number of ether oxygens (including phenoxy) is 1. The number of alkyl halides is 1. The van der Waals surface area contributed by atoms with Crippen LogP contribution < -0.4 is 10.6 Å². The van der Waals surface area contributed by atoms with Crippen molar-refractivity contribution in [2.75, 3.05) is 36.9 Å². The number of rotatable bonds is 1. The van der Waals surface area contributed by atoms with Crippen LogP contribution in [-0.4, -0.2) is 39.7 Å². The van der Waals surface area contributed by atoms with E-state index in [1.54, 1.807) is 6.07 Å². The molecule has 2 N–H and O–H groups in total. The fourth-order valence-electron chi connectivity index (χ4n) is 1.72. The van der Waals surface area contributed by atoms with Gasteiger partial charge in [0.1, 0.15) is 9.52 Å². The highest BCUT2D eigenvalue weighted by Crippen LogP contribution is 2.25. The molecule has 1 aromatic rings. The Labute approximate surface area is 128 Å². The molecule has 1 atom stereocenters. The van der Waals surface area contributed by atoms with Crippen LogP contribution in [0.25, 0.3) is 0 Å². The molecule has 0 radical (unpaired) electrons. The van der Waals surface area contributed by atoms with Crippen molar-refractivity contribution < 1.29 is 4.74 Å². The predicted octanol–water partition coefficient (Wildman–Crippen LogP) is 1.69. The van der Waals surface area contributed by atoms with Crippen LogP contribution in [0.4, 0.5) is 11.8 Å². The van der Waals surface area contributed by atoms with Crippen LogP contribution in [-0.2, 0) is 4.74 Å². The number of nitrogens with two attached hydrogens (primary N) is 1. The Morgan fingerprint density at radius 3 is 3.00 bits per heavy atom. The second-order valence-electron chi connectivity index (χ2n) is 4.30. The van der Waals surface area contributed by atoms with E-state index in [-0.39, 0.29) is 3.42 Å². The van der Waals surface area contributed by atoms with Crippen LogP contribution in [0.5, 0.6) is 0 Å². The Hall–Kier alpha value is 0.1000. The van der Waals surface area contributed by atoms with E-state index < -0.39 is 0 Å². The summed E-state index contributed by atoms with van der Waals surface area (Å²) >= 11 is 4.57. The topological polar surface area (TPSA) is 64.3 Å². The minimum absolute atomic E-state index is 0.0770. The Kier molecular flexibility index (Phi) is 4.29. The summed E-state index contributed by atoms with van der Waals surface area (Å²) in [5.41, 5.74) is 5.76. The van der Waals surface area contributed by atoms with E-state index in [9.17, 15) is 0 Å². The van der Waals surface area contributed by atoms with Crippen molar-refractivity contribution in [3.05, 3.63) is 9.77 Å². The molecule has 1 aromatic heterocycles. The largest absolute Gasteiger partial charge is 0.384 e. The first-order valence-electron chi connectivity index (χ1n) is 5.28. The standard InChI is InChI=1S/C10H14I2N4O/c1-10(12)5-16(2-3-17-6-10)9-14-7(11)4-8(13)15-9/h4H,2-3,5-6H2,1H3,(H2,13,14,15). The Balaban J connectivity index is 2.25. The van der Waals surface area contributed by atoms with Crippen LogP contribution in [0.1, 0.15) is 6.92 Å². The number of nitrogens with zero attached hydrogens (tertiary/aromatic N) is 3.